The van der Waals surface area contributed by atoms with Crippen LogP contribution in [0.4, 0.5) is 5.82 Å². The number of nitrogens with two attached hydrogens (primary N) is 1. The number of aromatic nitrogens is 2. The minimum atomic E-state index is 0.698. The van der Waals surface area contributed by atoms with Gasteiger partial charge in [-0.05, 0) is 32.2 Å². The van der Waals surface area contributed by atoms with Crippen molar-refractivity contribution in [1.29, 1.82) is 0 Å². The first kappa shape index (κ1) is 10.4. The zero-order valence-corrected chi connectivity index (χ0v) is 9.19. The molecule has 0 atom stereocenters. The molecule has 1 aromatic heterocycles. The largest absolute Gasteiger partial charge is 0.356 e. The van der Waals surface area contributed by atoms with Gasteiger partial charge in [0, 0.05) is 24.8 Å². The zero-order valence-electron chi connectivity index (χ0n) is 9.19. The smallest absolute Gasteiger partial charge is 0.132 e. The van der Waals surface area contributed by atoms with E-state index in [1.165, 1.54) is 12.8 Å². The second-order valence-corrected chi connectivity index (χ2v) is 4.18. The lowest BCUT2D eigenvalue weighted by Crippen LogP contribution is -2.36. The molecule has 0 bridgehead atoms. The minimum Gasteiger partial charge on any atom is -0.356 e. The van der Waals surface area contributed by atoms with Crippen LogP contribution in [0.1, 0.15) is 18.5 Å². The average Bonchev–Trinajstić information content (AvgIpc) is 2.29. The molecule has 0 unspecified atom stereocenters. The lowest BCUT2D eigenvalue weighted by atomic mass is 9.97. The quantitative estimate of drug-likeness (QED) is 0.783. The predicted molar refractivity (Wildman–Crippen MR) is 60.8 cm³/mol. The van der Waals surface area contributed by atoms with Crippen molar-refractivity contribution < 1.29 is 0 Å². The van der Waals surface area contributed by atoms with E-state index in [9.17, 15) is 0 Å². The fraction of sp³-hybridized carbons (Fsp3) is 0.636. The van der Waals surface area contributed by atoms with Gasteiger partial charge in [-0.1, -0.05) is 0 Å². The maximum atomic E-state index is 5.67. The van der Waals surface area contributed by atoms with Gasteiger partial charge >= 0.3 is 0 Å². The fourth-order valence-electron chi connectivity index (χ4n) is 2.01. The summed E-state index contributed by atoms with van der Waals surface area (Å²) in [4.78, 5) is 10.7. The number of rotatable bonds is 2. The number of hydrogen-bond acceptors (Lipinski definition) is 4. The van der Waals surface area contributed by atoms with Crippen LogP contribution in [0.5, 0.6) is 0 Å². The molecule has 4 nitrogen and oxygen atoms in total. The summed E-state index contributed by atoms with van der Waals surface area (Å²) in [5.74, 6) is 1.75. The summed E-state index contributed by atoms with van der Waals surface area (Å²) in [5, 5.41) is 0. The molecule has 2 heterocycles. The van der Waals surface area contributed by atoms with Crippen LogP contribution in [0, 0.1) is 12.8 Å². The van der Waals surface area contributed by atoms with Gasteiger partial charge in [0.1, 0.15) is 12.1 Å². The van der Waals surface area contributed by atoms with Crippen LogP contribution < -0.4 is 10.6 Å². The van der Waals surface area contributed by atoms with Gasteiger partial charge in [0.05, 0.1) is 0 Å². The molecule has 1 aliphatic rings. The molecule has 2 N–H and O–H groups in total. The van der Waals surface area contributed by atoms with Crippen molar-refractivity contribution in [3.05, 3.63) is 18.1 Å². The SMILES string of the molecule is Cc1cc(N2CCC(CN)CC2)ncn1. The Labute approximate surface area is 90.5 Å². The molecule has 1 saturated heterocycles. The van der Waals surface area contributed by atoms with Gasteiger partial charge in [0.25, 0.3) is 0 Å². The molecule has 1 aliphatic heterocycles. The summed E-state index contributed by atoms with van der Waals surface area (Å²) in [6.45, 7) is 4.95. The van der Waals surface area contributed by atoms with E-state index in [1.54, 1.807) is 6.33 Å². The molecule has 2 rings (SSSR count). The van der Waals surface area contributed by atoms with Crippen molar-refractivity contribution in [3.8, 4) is 0 Å². The van der Waals surface area contributed by atoms with Crippen LogP contribution in [0.25, 0.3) is 0 Å². The van der Waals surface area contributed by atoms with Crippen LogP contribution in [-0.4, -0.2) is 29.6 Å². The molecule has 0 aromatic carbocycles. The van der Waals surface area contributed by atoms with Crippen LogP contribution in [-0.2, 0) is 0 Å². The average molecular weight is 206 g/mol. The Kier molecular flexibility index (Phi) is 3.16. The third kappa shape index (κ3) is 2.45. The van der Waals surface area contributed by atoms with Crippen LogP contribution in [0.2, 0.25) is 0 Å². The number of aryl methyl sites for hydroxylation is 1. The summed E-state index contributed by atoms with van der Waals surface area (Å²) in [6, 6.07) is 2.04. The Hall–Kier alpha value is -1.16. The lowest BCUT2D eigenvalue weighted by molar-refractivity contribution is 0.413. The first-order chi connectivity index (χ1) is 7.29. The standard InChI is InChI=1S/C11H18N4/c1-9-6-11(14-8-13-9)15-4-2-10(7-12)3-5-15/h6,8,10H,2-5,7,12H2,1H3. The highest BCUT2D eigenvalue weighted by Gasteiger charge is 2.18. The van der Waals surface area contributed by atoms with Crippen LogP contribution in [0.3, 0.4) is 0 Å². The first-order valence-corrected chi connectivity index (χ1v) is 5.53. The van der Waals surface area contributed by atoms with Gasteiger partial charge in [-0.15, -0.1) is 0 Å². The van der Waals surface area contributed by atoms with Crippen molar-refractivity contribution in [2.45, 2.75) is 19.8 Å². The van der Waals surface area contributed by atoms with Gasteiger partial charge in [0.2, 0.25) is 0 Å². The van der Waals surface area contributed by atoms with Gasteiger partial charge < -0.3 is 10.6 Å². The van der Waals surface area contributed by atoms with E-state index < -0.39 is 0 Å². The Morgan fingerprint density at radius 1 is 1.40 bits per heavy atom. The fourth-order valence-corrected chi connectivity index (χ4v) is 2.01. The number of anilines is 1. The molecule has 0 amide bonds. The van der Waals surface area contributed by atoms with Crippen molar-refractivity contribution in [2.24, 2.45) is 11.7 Å². The summed E-state index contributed by atoms with van der Waals surface area (Å²) in [7, 11) is 0. The topological polar surface area (TPSA) is 55.0 Å². The molecule has 0 aliphatic carbocycles. The molecule has 1 aromatic rings. The third-order valence-corrected chi connectivity index (χ3v) is 3.06. The summed E-state index contributed by atoms with van der Waals surface area (Å²) in [5.41, 5.74) is 6.70. The Morgan fingerprint density at radius 3 is 2.73 bits per heavy atom. The van der Waals surface area contributed by atoms with E-state index in [-0.39, 0.29) is 0 Å². The zero-order chi connectivity index (χ0) is 10.7. The first-order valence-electron chi connectivity index (χ1n) is 5.53. The van der Waals surface area contributed by atoms with E-state index >= 15 is 0 Å². The second kappa shape index (κ2) is 4.57. The molecule has 0 spiro atoms. The van der Waals surface area contributed by atoms with Crippen molar-refractivity contribution in [2.75, 3.05) is 24.5 Å². The van der Waals surface area contributed by atoms with E-state index in [1.807, 2.05) is 13.0 Å². The normalized spacial score (nSPS) is 18.1. The molecule has 0 radical (unpaired) electrons. The maximum absolute atomic E-state index is 5.67. The number of hydrogen-bond donors (Lipinski definition) is 1. The molecule has 0 saturated carbocycles. The minimum absolute atomic E-state index is 0.698. The van der Waals surface area contributed by atoms with E-state index in [0.29, 0.717) is 5.92 Å². The predicted octanol–water partition coefficient (Wildman–Crippen LogP) is 0.960. The third-order valence-electron chi connectivity index (χ3n) is 3.06. The molecule has 1 fully saturated rings. The van der Waals surface area contributed by atoms with Crippen molar-refractivity contribution in [3.63, 3.8) is 0 Å². The Balaban J connectivity index is 2.01. The Bertz CT molecular complexity index is 318. The van der Waals surface area contributed by atoms with Gasteiger partial charge in [-0.2, -0.15) is 0 Å². The van der Waals surface area contributed by atoms with Gasteiger partial charge in [-0.3, -0.25) is 0 Å². The maximum Gasteiger partial charge on any atom is 0.132 e. The molecule has 15 heavy (non-hydrogen) atoms. The number of nitrogens with zero attached hydrogens (tertiary/aromatic N) is 3. The lowest BCUT2D eigenvalue weighted by Gasteiger charge is -2.32. The van der Waals surface area contributed by atoms with E-state index in [0.717, 1.165) is 31.1 Å². The molecular weight excluding hydrogens is 188 g/mol. The number of piperidine rings is 1. The van der Waals surface area contributed by atoms with E-state index in [2.05, 4.69) is 14.9 Å². The monoisotopic (exact) mass is 206 g/mol. The highest BCUT2D eigenvalue weighted by atomic mass is 15.2. The van der Waals surface area contributed by atoms with Crippen molar-refractivity contribution >= 4 is 5.82 Å². The second-order valence-electron chi connectivity index (χ2n) is 4.18. The van der Waals surface area contributed by atoms with Gasteiger partial charge in [-0.25, -0.2) is 9.97 Å². The summed E-state index contributed by atoms with van der Waals surface area (Å²) >= 11 is 0. The molecular formula is C11H18N4. The summed E-state index contributed by atoms with van der Waals surface area (Å²) < 4.78 is 0. The van der Waals surface area contributed by atoms with Crippen LogP contribution >= 0.6 is 0 Å². The Morgan fingerprint density at radius 2 is 2.13 bits per heavy atom. The van der Waals surface area contributed by atoms with Crippen molar-refractivity contribution in [1.82, 2.24) is 9.97 Å². The van der Waals surface area contributed by atoms with Crippen LogP contribution in [0.15, 0.2) is 12.4 Å². The molecule has 4 heteroatoms. The highest BCUT2D eigenvalue weighted by Crippen LogP contribution is 2.20. The highest BCUT2D eigenvalue weighted by molar-refractivity contribution is 5.38. The molecule has 82 valence electrons. The van der Waals surface area contributed by atoms with E-state index in [4.69, 9.17) is 5.73 Å². The summed E-state index contributed by atoms with van der Waals surface area (Å²) in [6.07, 6.45) is 4.00. The van der Waals surface area contributed by atoms with Gasteiger partial charge in [0.15, 0.2) is 0 Å².